The molecule has 0 saturated heterocycles. The molecule has 2 N–H and O–H groups in total. The van der Waals surface area contributed by atoms with Crippen LogP contribution in [0.3, 0.4) is 0 Å². The van der Waals surface area contributed by atoms with Crippen molar-refractivity contribution in [3.8, 4) is 0 Å². The number of ether oxygens (including phenoxy) is 1. The molecule has 98 valence electrons. The highest BCUT2D eigenvalue weighted by molar-refractivity contribution is 4.59. The van der Waals surface area contributed by atoms with E-state index in [-0.39, 0.29) is 0 Å². The average molecular weight is 229 g/mol. The first kappa shape index (κ1) is 15.9. The standard InChI is InChI=1S/C14H31NO/c1-3-4-5-6-7-8-9-10-11-14(12-15)13-16-2/h14H,3-13,15H2,1-2H3. The third-order valence-electron chi connectivity index (χ3n) is 3.20. The molecule has 0 aromatic heterocycles. The second-order valence-electron chi connectivity index (χ2n) is 4.82. The summed E-state index contributed by atoms with van der Waals surface area (Å²) in [4.78, 5) is 0. The Balaban J connectivity index is 3.12. The summed E-state index contributed by atoms with van der Waals surface area (Å²) in [5.41, 5.74) is 5.67. The lowest BCUT2D eigenvalue weighted by molar-refractivity contribution is 0.149. The lowest BCUT2D eigenvalue weighted by Gasteiger charge is -2.12. The second kappa shape index (κ2) is 13.0. The van der Waals surface area contributed by atoms with Crippen molar-refractivity contribution in [2.24, 2.45) is 11.7 Å². The zero-order chi connectivity index (χ0) is 12.1. The van der Waals surface area contributed by atoms with Crippen LogP contribution in [-0.2, 0) is 4.74 Å². The molecule has 2 nitrogen and oxygen atoms in total. The van der Waals surface area contributed by atoms with Crippen molar-refractivity contribution in [1.29, 1.82) is 0 Å². The summed E-state index contributed by atoms with van der Waals surface area (Å²) in [6, 6.07) is 0. The van der Waals surface area contributed by atoms with Gasteiger partial charge in [0.25, 0.3) is 0 Å². The van der Waals surface area contributed by atoms with Gasteiger partial charge in [-0.1, -0.05) is 58.3 Å². The van der Waals surface area contributed by atoms with E-state index in [0.29, 0.717) is 5.92 Å². The van der Waals surface area contributed by atoms with Gasteiger partial charge in [-0.05, 0) is 18.9 Å². The van der Waals surface area contributed by atoms with Gasteiger partial charge in [0, 0.05) is 7.11 Å². The average Bonchev–Trinajstić information content (AvgIpc) is 2.31. The van der Waals surface area contributed by atoms with E-state index in [4.69, 9.17) is 10.5 Å². The second-order valence-corrected chi connectivity index (χ2v) is 4.82. The number of nitrogens with two attached hydrogens (primary N) is 1. The Morgan fingerprint density at radius 2 is 1.50 bits per heavy atom. The molecule has 0 aliphatic rings. The number of methoxy groups -OCH3 is 1. The van der Waals surface area contributed by atoms with Crippen LogP contribution in [0.15, 0.2) is 0 Å². The first-order valence-corrected chi connectivity index (χ1v) is 7.04. The molecule has 0 aromatic rings. The summed E-state index contributed by atoms with van der Waals surface area (Å²) < 4.78 is 5.14. The Hall–Kier alpha value is -0.0800. The van der Waals surface area contributed by atoms with E-state index >= 15 is 0 Å². The maximum Gasteiger partial charge on any atom is 0.0502 e. The SMILES string of the molecule is CCCCCCCCCCC(CN)COC. The van der Waals surface area contributed by atoms with Crippen molar-refractivity contribution >= 4 is 0 Å². The van der Waals surface area contributed by atoms with E-state index in [1.807, 2.05) is 0 Å². The van der Waals surface area contributed by atoms with Crippen LogP contribution in [0.25, 0.3) is 0 Å². The van der Waals surface area contributed by atoms with Crippen molar-refractivity contribution in [2.45, 2.75) is 64.7 Å². The highest BCUT2D eigenvalue weighted by Gasteiger charge is 2.04. The van der Waals surface area contributed by atoms with Gasteiger partial charge in [-0.25, -0.2) is 0 Å². The van der Waals surface area contributed by atoms with Crippen LogP contribution in [-0.4, -0.2) is 20.3 Å². The summed E-state index contributed by atoms with van der Waals surface area (Å²) >= 11 is 0. The number of rotatable bonds is 12. The number of hydrogen-bond donors (Lipinski definition) is 1. The summed E-state index contributed by atoms with van der Waals surface area (Å²) in [7, 11) is 1.76. The van der Waals surface area contributed by atoms with Gasteiger partial charge < -0.3 is 10.5 Å². The molecule has 0 aliphatic carbocycles. The third kappa shape index (κ3) is 10.4. The fourth-order valence-electron chi connectivity index (χ4n) is 2.07. The highest BCUT2D eigenvalue weighted by atomic mass is 16.5. The minimum atomic E-state index is 0.574. The molecule has 0 fully saturated rings. The largest absolute Gasteiger partial charge is 0.384 e. The molecule has 1 atom stereocenters. The van der Waals surface area contributed by atoms with E-state index in [1.54, 1.807) is 7.11 Å². The van der Waals surface area contributed by atoms with Crippen LogP contribution >= 0.6 is 0 Å². The van der Waals surface area contributed by atoms with E-state index in [0.717, 1.165) is 13.2 Å². The van der Waals surface area contributed by atoms with Gasteiger partial charge in [0.15, 0.2) is 0 Å². The van der Waals surface area contributed by atoms with Gasteiger partial charge in [0.2, 0.25) is 0 Å². The fourth-order valence-corrected chi connectivity index (χ4v) is 2.07. The number of unbranched alkanes of at least 4 members (excludes halogenated alkanes) is 7. The normalized spacial score (nSPS) is 12.9. The van der Waals surface area contributed by atoms with Gasteiger partial charge in [-0.3, -0.25) is 0 Å². The van der Waals surface area contributed by atoms with Gasteiger partial charge in [0.05, 0.1) is 6.61 Å². The molecule has 1 unspecified atom stereocenters. The lowest BCUT2D eigenvalue weighted by Crippen LogP contribution is -2.19. The summed E-state index contributed by atoms with van der Waals surface area (Å²) in [6.45, 7) is 3.86. The maximum atomic E-state index is 5.67. The molecule has 0 spiro atoms. The summed E-state index contributed by atoms with van der Waals surface area (Å²) in [5, 5.41) is 0. The highest BCUT2D eigenvalue weighted by Crippen LogP contribution is 2.12. The predicted octanol–water partition coefficient (Wildman–Crippen LogP) is 3.74. The molecule has 0 bridgehead atoms. The molecule has 0 amide bonds. The molecular weight excluding hydrogens is 198 g/mol. The smallest absolute Gasteiger partial charge is 0.0502 e. The van der Waals surface area contributed by atoms with Crippen LogP contribution in [0.4, 0.5) is 0 Å². The molecule has 0 radical (unpaired) electrons. The van der Waals surface area contributed by atoms with E-state index in [2.05, 4.69) is 6.92 Å². The lowest BCUT2D eigenvalue weighted by atomic mass is 10.0. The van der Waals surface area contributed by atoms with Crippen molar-refractivity contribution in [3.63, 3.8) is 0 Å². The zero-order valence-electron chi connectivity index (χ0n) is 11.3. The Kier molecular flexibility index (Phi) is 12.9. The first-order chi connectivity index (χ1) is 7.85. The Morgan fingerprint density at radius 1 is 0.938 bits per heavy atom. The predicted molar refractivity (Wildman–Crippen MR) is 71.6 cm³/mol. The summed E-state index contributed by atoms with van der Waals surface area (Å²) in [5.74, 6) is 0.574. The van der Waals surface area contributed by atoms with E-state index < -0.39 is 0 Å². The molecule has 0 heterocycles. The van der Waals surface area contributed by atoms with Crippen LogP contribution in [0.2, 0.25) is 0 Å². The number of hydrogen-bond acceptors (Lipinski definition) is 2. The first-order valence-electron chi connectivity index (χ1n) is 7.04. The van der Waals surface area contributed by atoms with Crippen molar-refractivity contribution < 1.29 is 4.74 Å². The van der Waals surface area contributed by atoms with Gasteiger partial charge >= 0.3 is 0 Å². The monoisotopic (exact) mass is 229 g/mol. The van der Waals surface area contributed by atoms with Crippen LogP contribution in [0, 0.1) is 5.92 Å². The van der Waals surface area contributed by atoms with E-state index in [9.17, 15) is 0 Å². The zero-order valence-corrected chi connectivity index (χ0v) is 11.3. The van der Waals surface area contributed by atoms with Crippen molar-refractivity contribution in [3.05, 3.63) is 0 Å². The van der Waals surface area contributed by atoms with Crippen LogP contribution in [0.5, 0.6) is 0 Å². The maximum absolute atomic E-state index is 5.67. The fraction of sp³-hybridized carbons (Fsp3) is 1.00. The minimum Gasteiger partial charge on any atom is -0.384 e. The molecule has 0 saturated carbocycles. The topological polar surface area (TPSA) is 35.2 Å². The quantitative estimate of drug-likeness (QED) is 0.517. The molecule has 2 heteroatoms. The van der Waals surface area contributed by atoms with Gasteiger partial charge in [-0.2, -0.15) is 0 Å². The van der Waals surface area contributed by atoms with E-state index in [1.165, 1.54) is 57.8 Å². The minimum absolute atomic E-state index is 0.574. The molecule has 0 aliphatic heterocycles. The van der Waals surface area contributed by atoms with Crippen molar-refractivity contribution in [1.82, 2.24) is 0 Å². The van der Waals surface area contributed by atoms with Crippen LogP contribution < -0.4 is 5.73 Å². The summed E-state index contributed by atoms with van der Waals surface area (Å²) in [6.07, 6.45) is 12.3. The van der Waals surface area contributed by atoms with Crippen LogP contribution in [0.1, 0.15) is 64.7 Å². The molecular formula is C14H31NO. The third-order valence-corrected chi connectivity index (χ3v) is 3.20. The van der Waals surface area contributed by atoms with Gasteiger partial charge in [-0.15, -0.1) is 0 Å². The Bertz CT molecular complexity index is 128. The molecule has 0 aromatic carbocycles. The molecule has 16 heavy (non-hydrogen) atoms. The van der Waals surface area contributed by atoms with Crippen molar-refractivity contribution in [2.75, 3.05) is 20.3 Å². The Morgan fingerprint density at radius 3 is 2.00 bits per heavy atom. The Labute approximate surface area is 102 Å². The van der Waals surface area contributed by atoms with Gasteiger partial charge in [0.1, 0.15) is 0 Å². The molecule has 0 rings (SSSR count).